The Morgan fingerprint density at radius 3 is 2.74 bits per heavy atom. The van der Waals surface area contributed by atoms with Crippen LogP contribution in [0.3, 0.4) is 0 Å². The zero-order valence-electron chi connectivity index (χ0n) is 11.8. The van der Waals surface area contributed by atoms with Crippen LogP contribution in [0.25, 0.3) is 0 Å². The molecule has 1 fully saturated rings. The predicted molar refractivity (Wildman–Crippen MR) is 77.9 cm³/mol. The predicted octanol–water partition coefficient (Wildman–Crippen LogP) is 2.74. The SMILES string of the molecule is CCNC(CN1CCCCCC1=O)c1ccccc1. The van der Waals surface area contributed by atoms with E-state index in [0.717, 1.165) is 32.5 Å². The van der Waals surface area contributed by atoms with Crippen LogP contribution in [0.15, 0.2) is 30.3 Å². The Bertz CT molecular complexity index is 391. The average Bonchev–Trinajstić information content (AvgIpc) is 2.64. The van der Waals surface area contributed by atoms with E-state index >= 15 is 0 Å². The molecule has 1 aliphatic heterocycles. The van der Waals surface area contributed by atoms with Crippen molar-refractivity contribution >= 4 is 5.91 Å². The molecule has 1 unspecified atom stereocenters. The third-order valence-corrected chi connectivity index (χ3v) is 3.73. The molecule has 1 atom stereocenters. The number of amides is 1. The first-order chi connectivity index (χ1) is 9.31. The van der Waals surface area contributed by atoms with Gasteiger partial charge in [0.05, 0.1) is 0 Å². The highest BCUT2D eigenvalue weighted by Gasteiger charge is 2.20. The van der Waals surface area contributed by atoms with E-state index in [1.54, 1.807) is 0 Å². The minimum atomic E-state index is 0.244. The van der Waals surface area contributed by atoms with Crippen LogP contribution in [0, 0.1) is 0 Å². The van der Waals surface area contributed by atoms with E-state index in [9.17, 15) is 4.79 Å². The molecular weight excluding hydrogens is 236 g/mol. The molecule has 0 saturated carbocycles. The van der Waals surface area contributed by atoms with Gasteiger partial charge in [-0.3, -0.25) is 4.79 Å². The number of rotatable bonds is 5. The molecule has 1 aliphatic rings. The number of carbonyl (C=O) groups is 1. The maximum atomic E-state index is 12.1. The van der Waals surface area contributed by atoms with Crippen molar-refractivity contribution in [3.05, 3.63) is 35.9 Å². The standard InChI is InChI=1S/C16H24N2O/c1-2-17-15(14-9-5-3-6-10-14)13-18-12-8-4-7-11-16(18)19/h3,5-6,9-10,15,17H,2,4,7-8,11-13H2,1H3. The summed E-state index contributed by atoms with van der Waals surface area (Å²) in [6.07, 6.45) is 4.08. The number of carbonyl (C=O) groups excluding carboxylic acids is 1. The zero-order chi connectivity index (χ0) is 13.5. The smallest absolute Gasteiger partial charge is 0.222 e. The van der Waals surface area contributed by atoms with Crippen molar-refractivity contribution in [1.82, 2.24) is 10.2 Å². The Balaban J connectivity index is 2.05. The van der Waals surface area contributed by atoms with Crippen LogP contribution in [0.2, 0.25) is 0 Å². The molecule has 1 aromatic carbocycles. The Morgan fingerprint density at radius 2 is 2.00 bits per heavy atom. The van der Waals surface area contributed by atoms with Crippen LogP contribution in [0.1, 0.15) is 44.2 Å². The molecule has 3 nitrogen and oxygen atoms in total. The molecular formula is C16H24N2O. The van der Waals surface area contributed by atoms with E-state index < -0.39 is 0 Å². The van der Waals surface area contributed by atoms with Gasteiger partial charge < -0.3 is 10.2 Å². The molecule has 19 heavy (non-hydrogen) atoms. The first-order valence-corrected chi connectivity index (χ1v) is 7.37. The number of hydrogen-bond donors (Lipinski definition) is 1. The highest BCUT2D eigenvalue weighted by molar-refractivity contribution is 5.76. The summed E-state index contributed by atoms with van der Waals surface area (Å²) in [7, 11) is 0. The van der Waals surface area contributed by atoms with E-state index in [0.29, 0.717) is 12.3 Å². The second-order valence-corrected chi connectivity index (χ2v) is 5.17. The van der Waals surface area contributed by atoms with Gasteiger partial charge in [0.1, 0.15) is 0 Å². The number of benzene rings is 1. The van der Waals surface area contributed by atoms with Gasteiger partial charge in [0, 0.05) is 25.6 Å². The van der Waals surface area contributed by atoms with Gasteiger partial charge in [-0.25, -0.2) is 0 Å². The normalized spacial score (nSPS) is 18.2. The molecule has 1 N–H and O–H groups in total. The van der Waals surface area contributed by atoms with Crippen LogP contribution in [-0.4, -0.2) is 30.4 Å². The van der Waals surface area contributed by atoms with Crippen molar-refractivity contribution in [2.45, 2.75) is 38.6 Å². The van der Waals surface area contributed by atoms with E-state index in [2.05, 4.69) is 36.5 Å². The van der Waals surface area contributed by atoms with E-state index in [1.807, 2.05) is 11.0 Å². The summed E-state index contributed by atoms with van der Waals surface area (Å²) < 4.78 is 0. The quantitative estimate of drug-likeness (QED) is 0.883. The van der Waals surface area contributed by atoms with Gasteiger partial charge in [-0.15, -0.1) is 0 Å². The Morgan fingerprint density at radius 1 is 1.21 bits per heavy atom. The Hall–Kier alpha value is -1.35. The molecule has 0 aromatic heterocycles. The van der Waals surface area contributed by atoms with Gasteiger partial charge >= 0.3 is 0 Å². The first-order valence-electron chi connectivity index (χ1n) is 7.37. The van der Waals surface area contributed by atoms with Crippen molar-refractivity contribution in [2.75, 3.05) is 19.6 Å². The summed E-state index contributed by atoms with van der Waals surface area (Å²) in [5.74, 6) is 0.316. The molecule has 0 bridgehead atoms. The fourth-order valence-electron chi connectivity index (χ4n) is 2.67. The van der Waals surface area contributed by atoms with E-state index in [1.165, 1.54) is 12.0 Å². The summed E-state index contributed by atoms with van der Waals surface area (Å²) in [4.78, 5) is 14.1. The molecule has 2 rings (SSSR count). The van der Waals surface area contributed by atoms with Crippen molar-refractivity contribution < 1.29 is 4.79 Å². The van der Waals surface area contributed by atoms with Gasteiger partial charge in [-0.1, -0.05) is 43.7 Å². The largest absolute Gasteiger partial charge is 0.341 e. The molecule has 3 heteroatoms. The fraction of sp³-hybridized carbons (Fsp3) is 0.562. The highest BCUT2D eigenvalue weighted by atomic mass is 16.2. The third-order valence-electron chi connectivity index (χ3n) is 3.73. The summed E-state index contributed by atoms with van der Waals surface area (Å²) >= 11 is 0. The topological polar surface area (TPSA) is 32.3 Å². The second kappa shape index (κ2) is 7.29. The van der Waals surface area contributed by atoms with Gasteiger partial charge in [0.2, 0.25) is 5.91 Å². The monoisotopic (exact) mass is 260 g/mol. The number of likely N-dealkylation sites (N-methyl/N-ethyl adjacent to an activating group) is 1. The molecule has 104 valence electrons. The third kappa shape index (κ3) is 4.06. The van der Waals surface area contributed by atoms with Crippen molar-refractivity contribution in [3.63, 3.8) is 0 Å². The number of nitrogens with one attached hydrogen (secondary N) is 1. The van der Waals surface area contributed by atoms with Crippen molar-refractivity contribution in [2.24, 2.45) is 0 Å². The van der Waals surface area contributed by atoms with Crippen molar-refractivity contribution in [3.8, 4) is 0 Å². The van der Waals surface area contributed by atoms with Gasteiger partial charge in [-0.05, 0) is 24.9 Å². The molecule has 0 radical (unpaired) electrons. The zero-order valence-corrected chi connectivity index (χ0v) is 11.8. The molecule has 1 aromatic rings. The molecule has 1 heterocycles. The first kappa shape index (κ1) is 14.1. The second-order valence-electron chi connectivity index (χ2n) is 5.17. The number of likely N-dealkylation sites (tertiary alicyclic amines) is 1. The summed E-state index contributed by atoms with van der Waals surface area (Å²) in [6, 6.07) is 10.7. The summed E-state index contributed by atoms with van der Waals surface area (Å²) in [5.41, 5.74) is 1.27. The lowest BCUT2D eigenvalue weighted by molar-refractivity contribution is -0.131. The van der Waals surface area contributed by atoms with Crippen LogP contribution in [0.4, 0.5) is 0 Å². The number of hydrogen-bond acceptors (Lipinski definition) is 2. The molecule has 0 aliphatic carbocycles. The fourth-order valence-corrected chi connectivity index (χ4v) is 2.67. The average molecular weight is 260 g/mol. The summed E-state index contributed by atoms with van der Waals surface area (Å²) in [6.45, 7) is 4.73. The lowest BCUT2D eigenvalue weighted by Crippen LogP contribution is -2.38. The van der Waals surface area contributed by atoms with Crippen LogP contribution < -0.4 is 5.32 Å². The lowest BCUT2D eigenvalue weighted by Gasteiger charge is -2.27. The number of nitrogens with zero attached hydrogens (tertiary/aromatic N) is 1. The van der Waals surface area contributed by atoms with Crippen LogP contribution in [0.5, 0.6) is 0 Å². The van der Waals surface area contributed by atoms with E-state index in [-0.39, 0.29) is 6.04 Å². The Kier molecular flexibility index (Phi) is 5.40. The van der Waals surface area contributed by atoms with Crippen molar-refractivity contribution in [1.29, 1.82) is 0 Å². The summed E-state index contributed by atoms with van der Waals surface area (Å²) in [5, 5.41) is 3.49. The Labute approximate surface area is 116 Å². The van der Waals surface area contributed by atoms with Gasteiger partial charge in [-0.2, -0.15) is 0 Å². The minimum absolute atomic E-state index is 0.244. The van der Waals surface area contributed by atoms with Crippen LogP contribution >= 0.6 is 0 Å². The molecule has 0 spiro atoms. The van der Waals surface area contributed by atoms with Gasteiger partial charge in [0.25, 0.3) is 0 Å². The maximum absolute atomic E-state index is 12.1. The molecule has 1 amide bonds. The minimum Gasteiger partial charge on any atom is -0.341 e. The molecule has 1 saturated heterocycles. The van der Waals surface area contributed by atoms with Gasteiger partial charge in [0.15, 0.2) is 0 Å². The lowest BCUT2D eigenvalue weighted by atomic mass is 10.1. The van der Waals surface area contributed by atoms with Crippen LogP contribution in [-0.2, 0) is 4.79 Å². The van der Waals surface area contributed by atoms with E-state index in [4.69, 9.17) is 0 Å². The maximum Gasteiger partial charge on any atom is 0.222 e. The highest BCUT2D eigenvalue weighted by Crippen LogP contribution is 2.18.